The lowest BCUT2D eigenvalue weighted by molar-refractivity contribution is 0.919. The Morgan fingerprint density at radius 1 is 1.05 bits per heavy atom. The maximum atomic E-state index is 4.71. The molecule has 1 aliphatic carbocycles. The average Bonchev–Trinajstić information content (AvgIpc) is 3.31. The van der Waals surface area contributed by atoms with Crippen LogP contribution in [0.25, 0.3) is 22.2 Å². The van der Waals surface area contributed by atoms with Crippen molar-refractivity contribution in [3.8, 4) is 11.3 Å². The molecule has 1 saturated carbocycles. The Hall–Kier alpha value is -1.81. The van der Waals surface area contributed by atoms with Gasteiger partial charge in [0, 0.05) is 23.1 Å². The van der Waals surface area contributed by atoms with Gasteiger partial charge in [-0.15, -0.1) is 0 Å². The molecular weight excluding hydrogens is 314 g/mol. The van der Waals surface area contributed by atoms with E-state index in [0.29, 0.717) is 5.92 Å². The van der Waals surface area contributed by atoms with E-state index in [4.69, 9.17) is 4.98 Å². The summed E-state index contributed by atoms with van der Waals surface area (Å²) in [4.78, 5) is 13.5. The summed E-state index contributed by atoms with van der Waals surface area (Å²) in [5.41, 5.74) is 3.09. The topological polar surface area (TPSA) is 38.7 Å². The minimum atomic E-state index is 0.549. The van der Waals surface area contributed by atoms with Crippen LogP contribution in [0.5, 0.6) is 0 Å². The first-order valence-electron chi connectivity index (χ1n) is 6.69. The number of benzene rings is 1. The number of fused-ring (bicyclic) bond motifs is 1. The zero-order chi connectivity index (χ0) is 13.5. The fourth-order valence-corrected chi connectivity index (χ4v) is 2.74. The molecule has 98 valence electrons. The van der Waals surface area contributed by atoms with Gasteiger partial charge in [0.05, 0.1) is 11.2 Å². The van der Waals surface area contributed by atoms with E-state index in [1.165, 1.54) is 12.8 Å². The summed E-state index contributed by atoms with van der Waals surface area (Å²) >= 11 is 3.49. The Kier molecular flexibility index (Phi) is 2.77. The molecule has 1 fully saturated rings. The van der Waals surface area contributed by atoms with Crippen LogP contribution in [0.4, 0.5) is 0 Å². The molecule has 0 unspecified atom stereocenters. The van der Waals surface area contributed by atoms with Crippen molar-refractivity contribution in [1.29, 1.82) is 0 Å². The summed E-state index contributed by atoms with van der Waals surface area (Å²) in [7, 11) is 0. The van der Waals surface area contributed by atoms with Gasteiger partial charge in [-0.1, -0.05) is 12.1 Å². The standard InChI is InChI=1S/C16H12BrN3/c17-15-9-14(19-16(20-15)10-3-4-10)12-5-6-13-11(8-12)2-1-7-18-13/h1-2,5-10H,3-4H2. The lowest BCUT2D eigenvalue weighted by atomic mass is 10.1. The van der Waals surface area contributed by atoms with Gasteiger partial charge in [-0.3, -0.25) is 4.98 Å². The maximum Gasteiger partial charge on any atom is 0.133 e. The number of hydrogen-bond donors (Lipinski definition) is 0. The summed E-state index contributed by atoms with van der Waals surface area (Å²) in [6, 6.07) is 12.2. The van der Waals surface area contributed by atoms with Gasteiger partial charge >= 0.3 is 0 Å². The normalized spacial score (nSPS) is 14.7. The first kappa shape index (κ1) is 12.0. The van der Waals surface area contributed by atoms with Gasteiger partial charge in [-0.2, -0.15) is 0 Å². The third kappa shape index (κ3) is 2.20. The van der Waals surface area contributed by atoms with Crippen molar-refractivity contribution in [2.45, 2.75) is 18.8 Å². The van der Waals surface area contributed by atoms with Crippen LogP contribution < -0.4 is 0 Å². The molecule has 0 bridgehead atoms. The summed E-state index contributed by atoms with van der Waals surface area (Å²) in [5, 5.41) is 1.13. The summed E-state index contributed by atoms with van der Waals surface area (Å²) in [6.45, 7) is 0. The van der Waals surface area contributed by atoms with Crippen LogP contribution in [0.15, 0.2) is 47.2 Å². The molecule has 3 nitrogen and oxygen atoms in total. The highest BCUT2D eigenvalue weighted by molar-refractivity contribution is 9.10. The molecule has 1 aliphatic rings. The van der Waals surface area contributed by atoms with Crippen molar-refractivity contribution >= 4 is 26.8 Å². The smallest absolute Gasteiger partial charge is 0.133 e. The average molecular weight is 326 g/mol. The van der Waals surface area contributed by atoms with E-state index < -0.39 is 0 Å². The second kappa shape index (κ2) is 4.63. The quantitative estimate of drug-likeness (QED) is 0.658. The van der Waals surface area contributed by atoms with Gasteiger partial charge in [-0.25, -0.2) is 9.97 Å². The number of hydrogen-bond acceptors (Lipinski definition) is 3. The van der Waals surface area contributed by atoms with Crippen LogP contribution in [-0.2, 0) is 0 Å². The molecule has 0 radical (unpaired) electrons. The van der Waals surface area contributed by atoms with E-state index in [2.05, 4.69) is 44.1 Å². The highest BCUT2D eigenvalue weighted by Crippen LogP contribution is 2.39. The lowest BCUT2D eigenvalue weighted by Crippen LogP contribution is -1.95. The third-order valence-electron chi connectivity index (χ3n) is 3.55. The van der Waals surface area contributed by atoms with Crippen molar-refractivity contribution < 1.29 is 0 Å². The van der Waals surface area contributed by atoms with E-state index in [1.807, 2.05) is 24.4 Å². The number of pyridine rings is 1. The Morgan fingerprint density at radius 3 is 2.80 bits per heavy atom. The van der Waals surface area contributed by atoms with Crippen molar-refractivity contribution in [3.05, 3.63) is 53.0 Å². The predicted molar refractivity (Wildman–Crippen MR) is 82.4 cm³/mol. The first-order valence-corrected chi connectivity index (χ1v) is 7.48. The zero-order valence-corrected chi connectivity index (χ0v) is 12.3. The molecule has 4 rings (SSSR count). The number of rotatable bonds is 2. The molecule has 0 spiro atoms. The van der Waals surface area contributed by atoms with Crippen LogP contribution in [0.3, 0.4) is 0 Å². The largest absolute Gasteiger partial charge is 0.256 e. The minimum absolute atomic E-state index is 0.549. The highest BCUT2D eigenvalue weighted by Gasteiger charge is 2.27. The van der Waals surface area contributed by atoms with Crippen LogP contribution in [0.2, 0.25) is 0 Å². The molecule has 2 aromatic heterocycles. The maximum absolute atomic E-state index is 4.71. The van der Waals surface area contributed by atoms with Gasteiger partial charge in [-0.05, 0) is 53.0 Å². The molecule has 0 aliphatic heterocycles. The van der Waals surface area contributed by atoms with Gasteiger partial charge < -0.3 is 0 Å². The SMILES string of the molecule is Brc1cc(-c2ccc3ncccc3c2)nc(C2CC2)n1. The Bertz CT molecular complexity index is 797. The van der Waals surface area contributed by atoms with Crippen LogP contribution in [0, 0.1) is 0 Å². The van der Waals surface area contributed by atoms with E-state index >= 15 is 0 Å². The van der Waals surface area contributed by atoms with Crippen molar-refractivity contribution in [1.82, 2.24) is 15.0 Å². The Balaban J connectivity index is 1.85. The predicted octanol–water partition coefficient (Wildman–Crippen LogP) is 4.33. The summed E-state index contributed by atoms with van der Waals surface area (Å²) in [6.07, 6.45) is 4.23. The van der Waals surface area contributed by atoms with Crippen molar-refractivity contribution in [2.75, 3.05) is 0 Å². The fraction of sp³-hybridized carbons (Fsp3) is 0.188. The number of aromatic nitrogens is 3. The first-order chi connectivity index (χ1) is 9.79. The van der Waals surface area contributed by atoms with E-state index in [-0.39, 0.29) is 0 Å². The third-order valence-corrected chi connectivity index (χ3v) is 3.96. The molecule has 2 heterocycles. The second-order valence-electron chi connectivity index (χ2n) is 5.12. The monoisotopic (exact) mass is 325 g/mol. The van der Waals surface area contributed by atoms with Gasteiger partial charge in [0.2, 0.25) is 0 Å². The molecule has 3 aromatic rings. The highest BCUT2D eigenvalue weighted by atomic mass is 79.9. The van der Waals surface area contributed by atoms with Crippen LogP contribution >= 0.6 is 15.9 Å². The molecule has 20 heavy (non-hydrogen) atoms. The van der Waals surface area contributed by atoms with Crippen molar-refractivity contribution in [2.24, 2.45) is 0 Å². The molecule has 4 heteroatoms. The van der Waals surface area contributed by atoms with Crippen LogP contribution in [-0.4, -0.2) is 15.0 Å². The molecule has 1 aromatic carbocycles. The summed E-state index contributed by atoms with van der Waals surface area (Å²) in [5.74, 6) is 1.51. The Morgan fingerprint density at radius 2 is 1.95 bits per heavy atom. The number of halogens is 1. The lowest BCUT2D eigenvalue weighted by Gasteiger charge is -2.06. The Labute approximate surface area is 125 Å². The molecule has 0 amide bonds. The van der Waals surface area contributed by atoms with E-state index in [1.54, 1.807) is 0 Å². The fourth-order valence-electron chi connectivity index (χ4n) is 2.34. The number of nitrogens with zero attached hydrogens (tertiary/aromatic N) is 3. The van der Waals surface area contributed by atoms with Gasteiger partial charge in [0.1, 0.15) is 10.4 Å². The molecular formula is C16H12BrN3. The van der Waals surface area contributed by atoms with E-state index in [0.717, 1.165) is 32.6 Å². The van der Waals surface area contributed by atoms with Crippen LogP contribution in [0.1, 0.15) is 24.6 Å². The van der Waals surface area contributed by atoms with E-state index in [9.17, 15) is 0 Å². The van der Waals surface area contributed by atoms with Gasteiger partial charge in [0.25, 0.3) is 0 Å². The van der Waals surface area contributed by atoms with Crippen molar-refractivity contribution in [3.63, 3.8) is 0 Å². The summed E-state index contributed by atoms with van der Waals surface area (Å²) < 4.78 is 0.857. The minimum Gasteiger partial charge on any atom is -0.256 e. The molecule has 0 saturated heterocycles. The zero-order valence-electron chi connectivity index (χ0n) is 10.8. The molecule has 0 atom stereocenters. The van der Waals surface area contributed by atoms with Gasteiger partial charge in [0.15, 0.2) is 0 Å². The second-order valence-corrected chi connectivity index (χ2v) is 5.93. The molecule has 0 N–H and O–H groups in total.